The van der Waals surface area contributed by atoms with Gasteiger partial charge < -0.3 is 19.8 Å². The number of hydrogen-bond donors (Lipinski definition) is 3. The van der Waals surface area contributed by atoms with Crippen LogP contribution in [0.5, 0.6) is 0 Å². The van der Waals surface area contributed by atoms with Crippen molar-refractivity contribution in [3.63, 3.8) is 0 Å². The van der Waals surface area contributed by atoms with Crippen molar-refractivity contribution >= 4 is 17.5 Å². The number of likely N-dealkylation sites (tertiary alicyclic amines) is 1. The Morgan fingerprint density at radius 2 is 2.08 bits per heavy atom. The van der Waals surface area contributed by atoms with Crippen LogP contribution in [0.4, 0.5) is 0 Å². The number of fused-ring (bicyclic) bond motifs is 3. The number of likely N-dealkylation sites (N-methyl/N-ethyl adjacent to an activating group) is 1. The van der Waals surface area contributed by atoms with E-state index in [9.17, 15) is 19.8 Å². The number of carbonyl (C=O) groups is 2. The third-order valence-electron chi connectivity index (χ3n) is 5.82. The van der Waals surface area contributed by atoms with E-state index in [1.165, 1.54) is 17.9 Å². The topological polar surface area (TPSA) is 101 Å². The molecule has 138 valence electrons. The number of nitrogens with zero attached hydrogens (tertiary/aromatic N) is 1. The normalized spacial score (nSPS) is 38.5. The number of hydrogen-bond acceptors (Lipinski definition) is 6. The second-order valence-electron chi connectivity index (χ2n) is 7.61. The van der Waals surface area contributed by atoms with Crippen LogP contribution in [0.25, 0.3) is 0 Å². The molecule has 1 aliphatic carbocycles. The lowest BCUT2D eigenvalue weighted by atomic mass is 9.79. The largest absolute Gasteiger partial charge is 0.456 e. The van der Waals surface area contributed by atoms with Crippen molar-refractivity contribution in [1.82, 2.24) is 0 Å². The summed E-state index contributed by atoms with van der Waals surface area (Å²) in [6, 6.07) is 6.38. The summed E-state index contributed by atoms with van der Waals surface area (Å²) in [6.45, 7) is 3.25. The predicted octanol–water partition coefficient (Wildman–Crippen LogP) is -0.930. The summed E-state index contributed by atoms with van der Waals surface area (Å²) in [6.07, 6.45) is 1.43. The molecule has 5 atom stereocenters. The van der Waals surface area contributed by atoms with Crippen molar-refractivity contribution < 1.29 is 29.4 Å². The number of piperidine rings is 1. The van der Waals surface area contributed by atoms with Crippen LogP contribution >= 0.6 is 0 Å². The van der Waals surface area contributed by atoms with Crippen molar-refractivity contribution in [1.29, 1.82) is 0 Å². The number of quaternary nitrogens is 1. The van der Waals surface area contributed by atoms with E-state index in [-0.39, 0.29) is 22.9 Å². The summed E-state index contributed by atoms with van der Waals surface area (Å²) in [7, 11) is 2.03. The summed E-state index contributed by atoms with van der Waals surface area (Å²) in [5.41, 5.74) is -3.88. The zero-order chi connectivity index (χ0) is 18.7. The number of carbonyl (C=O) groups excluding carboxylic acids is 2. The van der Waals surface area contributed by atoms with Gasteiger partial charge in [-0.3, -0.25) is 14.6 Å². The molecule has 0 radical (unpaired) electrons. The molecule has 2 aliphatic heterocycles. The van der Waals surface area contributed by atoms with Gasteiger partial charge in [-0.15, -0.1) is 0 Å². The van der Waals surface area contributed by atoms with E-state index in [1.54, 1.807) is 18.2 Å². The fourth-order valence-corrected chi connectivity index (χ4v) is 4.55. The lowest BCUT2D eigenvalue weighted by Gasteiger charge is -2.33. The van der Waals surface area contributed by atoms with Crippen molar-refractivity contribution in [2.24, 2.45) is 10.9 Å². The van der Waals surface area contributed by atoms with Crippen LogP contribution < -0.4 is 4.90 Å². The van der Waals surface area contributed by atoms with Crippen LogP contribution in [0.15, 0.2) is 29.3 Å². The molecule has 0 bridgehead atoms. The van der Waals surface area contributed by atoms with Crippen molar-refractivity contribution in [2.45, 2.75) is 37.2 Å². The lowest BCUT2D eigenvalue weighted by Crippen LogP contribution is -3.11. The van der Waals surface area contributed by atoms with Gasteiger partial charge in [0.05, 0.1) is 13.6 Å². The highest BCUT2D eigenvalue weighted by atomic mass is 16.5. The molecule has 2 unspecified atom stereocenters. The fraction of sp³-hybridized carbons (Fsp3) is 0.526. The van der Waals surface area contributed by atoms with Crippen LogP contribution in [0.3, 0.4) is 0 Å². The Morgan fingerprint density at radius 3 is 2.81 bits per heavy atom. The van der Waals surface area contributed by atoms with E-state index in [1.807, 2.05) is 7.05 Å². The molecule has 0 aromatic heterocycles. The molecular weight excluding hydrogens is 336 g/mol. The van der Waals surface area contributed by atoms with Gasteiger partial charge >= 0.3 is 5.97 Å². The van der Waals surface area contributed by atoms with E-state index >= 15 is 0 Å². The zero-order valence-electron chi connectivity index (χ0n) is 14.9. The molecule has 7 heteroatoms. The Morgan fingerprint density at radius 1 is 1.35 bits per heavy atom. The van der Waals surface area contributed by atoms with Crippen LogP contribution in [-0.4, -0.2) is 59.5 Å². The lowest BCUT2D eigenvalue weighted by molar-refractivity contribution is -0.888. The summed E-state index contributed by atoms with van der Waals surface area (Å²) in [5.74, 6) is -2.70. The van der Waals surface area contributed by atoms with Crippen LogP contribution in [0.2, 0.25) is 0 Å². The molecule has 1 fully saturated rings. The third kappa shape index (κ3) is 2.14. The van der Waals surface area contributed by atoms with E-state index in [0.29, 0.717) is 6.54 Å². The fourth-order valence-electron chi connectivity index (χ4n) is 4.55. The van der Waals surface area contributed by atoms with Crippen LogP contribution in [0.1, 0.15) is 35.7 Å². The quantitative estimate of drug-likeness (QED) is 0.593. The number of ether oxygens (including phenoxy) is 1. The maximum atomic E-state index is 12.9. The first kappa shape index (κ1) is 17.3. The number of Topliss-reactive ketones (excluding diaryl/α,β-unsaturated/α-hetero) is 1. The third-order valence-corrected chi connectivity index (χ3v) is 5.82. The van der Waals surface area contributed by atoms with Gasteiger partial charge in [-0.1, -0.05) is 24.3 Å². The average Bonchev–Trinajstić information content (AvgIpc) is 2.90. The van der Waals surface area contributed by atoms with E-state index in [2.05, 4.69) is 4.99 Å². The minimum absolute atomic E-state index is 0.188. The SMILES string of the molecule is CC1=N[C@@]2(O)c3ccccc3C(=O)[C@]2(O)C1C(=O)O[C@@H]1CCC[NH+](C)C1. The standard InChI is InChI=1S/C19H22N2O5/c1-11-15(17(23)26-12-6-5-9-21(2)10-12)18(24)16(22)13-7-3-4-8-14(13)19(18,25)20-11/h3-4,7-8,12,15,24-25H,5-6,9-10H2,1-2H3/p+1/t12-,15?,18-,19-/m1/s1. The smallest absolute Gasteiger partial charge is 0.318 e. The average molecular weight is 359 g/mol. The van der Waals surface area contributed by atoms with Gasteiger partial charge in [-0.05, 0) is 13.3 Å². The molecule has 26 heavy (non-hydrogen) atoms. The first-order valence-electron chi connectivity index (χ1n) is 8.96. The Hall–Kier alpha value is -2.09. The van der Waals surface area contributed by atoms with Gasteiger partial charge in [0.2, 0.25) is 11.5 Å². The monoisotopic (exact) mass is 359 g/mol. The molecule has 2 heterocycles. The summed E-state index contributed by atoms with van der Waals surface area (Å²) >= 11 is 0. The first-order chi connectivity index (χ1) is 12.3. The van der Waals surface area contributed by atoms with Crippen LogP contribution in [0, 0.1) is 5.92 Å². The minimum atomic E-state index is -2.36. The summed E-state index contributed by atoms with van der Waals surface area (Å²) in [5, 5.41) is 22.3. The second kappa shape index (κ2) is 5.70. The highest BCUT2D eigenvalue weighted by molar-refractivity contribution is 6.18. The number of aliphatic hydroxyl groups is 2. The summed E-state index contributed by atoms with van der Waals surface area (Å²) in [4.78, 5) is 31.2. The number of nitrogens with one attached hydrogen (secondary N) is 1. The van der Waals surface area contributed by atoms with E-state index < -0.39 is 29.0 Å². The second-order valence-corrected chi connectivity index (χ2v) is 7.61. The highest BCUT2D eigenvalue weighted by Crippen LogP contribution is 2.53. The number of benzene rings is 1. The van der Waals surface area contributed by atoms with Gasteiger partial charge in [-0.25, -0.2) is 0 Å². The molecule has 3 aliphatic rings. The van der Waals surface area contributed by atoms with Crippen LogP contribution in [-0.2, 0) is 15.3 Å². The van der Waals surface area contributed by atoms with Crippen molar-refractivity contribution in [2.75, 3.05) is 20.1 Å². The molecule has 1 aromatic carbocycles. The van der Waals surface area contributed by atoms with E-state index in [0.717, 1.165) is 19.4 Å². The van der Waals surface area contributed by atoms with E-state index in [4.69, 9.17) is 4.74 Å². The zero-order valence-corrected chi connectivity index (χ0v) is 14.9. The molecule has 0 spiro atoms. The number of esters is 1. The molecule has 4 rings (SSSR count). The van der Waals surface area contributed by atoms with Crippen molar-refractivity contribution in [3.05, 3.63) is 35.4 Å². The molecule has 1 saturated heterocycles. The van der Waals surface area contributed by atoms with Gasteiger partial charge in [0, 0.05) is 23.3 Å². The molecule has 1 aromatic rings. The Bertz CT molecular complexity index is 822. The molecule has 0 saturated carbocycles. The van der Waals surface area contributed by atoms with Gasteiger partial charge in [-0.2, -0.15) is 0 Å². The maximum absolute atomic E-state index is 12.9. The molecule has 7 nitrogen and oxygen atoms in total. The first-order valence-corrected chi connectivity index (χ1v) is 8.96. The molecule has 0 amide bonds. The predicted molar refractivity (Wildman–Crippen MR) is 92.0 cm³/mol. The maximum Gasteiger partial charge on any atom is 0.318 e. The number of ketones is 1. The minimum Gasteiger partial charge on any atom is -0.456 e. The summed E-state index contributed by atoms with van der Waals surface area (Å²) < 4.78 is 5.62. The van der Waals surface area contributed by atoms with Crippen molar-refractivity contribution in [3.8, 4) is 0 Å². The Kier molecular flexibility index (Phi) is 3.80. The van der Waals surface area contributed by atoms with Gasteiger partial charge in [0.25, 0.3) is 0 Å². The Balaban J connectivity index is 1.68. The van der Waals surface area contributed by atoms with Gasteiger partial charge in [0.15, 0.2) is 11.7 Å². The molecule has 3 N–H and O–H groups in total. The number of rotatable bonds is 2. The Labute approximate surface area is 151 Å². The van der Waals surface area contributed by atoms with Gasteiger partial charge in [0.1, 0.15) is 12.5 Å². The highest BCUT2D eigenvalue weighted by Gasteiger charge is 2.72. The molecular formula is C19H23N2O5+. The number of aliphatic imine (C=N–C) groups is 1.